The number of thiazole rings is 1. The van der Waals surface area contributed by atoms with Crippen LogP contribution in [0.3, 0.4) is 0 Å². The average Bonchev–Trinajstić information content (AvgIpc) is 3.28. The van der Waals surface area contributed by atoms with E-state index in [1.807, 2.05) is 42.5 Å². The Hall–Kier alpha value is -2.58. The highest BCUT2D eigenvalue weighted by molar-refractivity contribution is 7.99. The summed E-state index contributed by atoms with van der Waals surface area (Å²) in [5.41, 5.74) is 2.56. The normalized spacial score (nSPS) is 13.8. The Morgan fingerprint density at radius 3 is 2.78 bits per heavy atom. The number of anilines is 2. The number of hydrogen-bond acceptors (Lipinski definition) is 5. The summed E-state index contributed by atoms with van der Waals surface area (Å²) in [7, 11) is 0. The maximum atomic E-state index is 12.1. The van der Waals surface area contributed by atoms with Crippen molar-refractivity contribution in [3.63, 3.8) is 0 Å². The first-order valence-electron chi connectivity index (χ1n) is 8.56. The van der Waals surface area contributed by atoms with Crippen LogP contribution in [0.2, 0.25) is 0 Å². The minimum atomic E-state index is -0.0852. The molecule has 1 fully saturated rings. The SMILES string of the molecule is O=C(CSCc1nc2ccccc2s1)Nc1ccc(N2CCNC2=O)cc1. The number of fused-ring (bicyclic) bond motifs is 1. The van der Waals surface area contributed by atoms with Crippen LogP contribution in [-0.4, -0.2) is 35.8 Å². The molecule has 0 radical (unpaired) electrons. The molecule has 0 spiro atoms. The van der Waals surface area contributed by atoms with Gasteiger partial charge in [0.25, 0.3) is 0 Å². The Kier molecular flexibility index (Phi) is 5.26. The second kappa shape index (κ2) is 7.98. The summed E-state index contributed by atoms with van der Waals surface area (Å²) in [5.74, 6) is 1.04. The van der Waals surface area contributed by atoms with Crippen molar-refractivity contribution in [2.75, 3.05) is 29.1 Å². The largest absolute Gasteiger partial charge is 0.336 e. The molecule has 138 valence electrons. The van der Waals surface area contributed by atoms with Gasteiger partial charge in [0.2, 0.25) is 5.91 Å². The maximum absolute atomic E-state index is 12.1. The van der Waals surface area contributed by atoms with Gasteiger partial charge in [-0.15, -0.1) is 23.1 Å². The van der Waals surface area contributed by atoms with E-state index < -0.39 is 0 Å². The molecule has 1 aliphatic heterocycles. The van der Waals surface area contributed by atoms with E-state index in [0.29, 0.717) is 18.8 Å². The molecular weight excluding hydrogens is 380 g/mol. The van der Waals surface area contributed by atoms with Crippen molar-refractivity contribution in [2.24, 2.45) is 0 Å². The van der Waals surface area contributed by atoms with Gasteiger partial charge in [-0.2, -0.15) is 0 Å². The standard InChI is InChI=1S/C19H18N4O2S2/c24-17(11-26-12-18-22-15-3-1-2-4-16(15)27-18)21-13-5-7-14(8-6-13)23-10-9-20-19(23)25/h1-8H,9-12H2,(H,20,25)(H,21,24). The third-order valence-corrected chi connectivity index (χ3v) is 6.28. The quantitative estimate of drug-likeness (QED) is 0.664. The lowest BCUT2D eigenvalue weighted by atomic mass is 10.2. The van der Waals surface area contributed by atoms with Gasteiger partial charge in [0.05, 0.1) is 16.0 Å². The van der Waals surface area contributed by atoms with Gasteiger partial charge in [0, 0.05) is 30.2 Å². The number of para-hydroxylation sites is 1. The number of rotatable bonds is 6. The van der Waals surface area contributed by atoms with Crippen molar-refractivity contribution < 1.29 is 9.59 Å². The number of amides is 3. The summed E-state index contributed by atoms with van der Waals surface area (Å²) >= 11 is 3.21. The summed E-state index contributed by atoms with van der Waals surface area (Å²) in [6.07, 6.45) is 0. The predicted molar refractivity (Wildman–Crippen MR) is 112 cm³/mol. The Morgan fingerprint density at radius 2 is 2.04 bits per heavy atom. The Bertz CT molecular complexity index is 938. The highest BCUT2D eigenvalue weighted by atomic mass is 32.2. The number of carbonyl (C=O) groups is 2. The molecule has 0 bridgehead atoms. The summed E-state index contributed by atoms with van der Waals surface area (Å²) in [6.45, 7) is 1.32. The minimum absolute atomic E-state index is 0.0484. The van der Waals surface area contributed by atoms with Crippen molar-refractivity contribution in [3.8, 4) is 0 Å². The van der Waals surface area contributed by atoms with Crippen LogP contribution in [0.4, 0.5) is 16.2 Å². The first-order chi connectivity index (χ1) is 13.2. The molecule has 2 heterocycles. The van der Waals surface area contributed by atoms with Crippen LogP contribution in [0.5, 0.6) is 0 Å². The van der Waals surface area contributed by atoms with E-state index in [9.17, 15) is 9.59 Å². The fraction of sp³-hybridized carbons (Fsp3) is 0.211. The van der Waals surface area contributed by atoms with Gasteiger partial charge in [-0.05, 0) is 36.4 Å². The highest BCUT2D eigenvalue weighted by Crippen LogP contribution is 2.25. The summed E-state index contributed by atoms with van der Waals surface area (Å²) in [5, 5.41) is 6.69. The third-order valence-electron chi connectivity index (χ3n) is 4.12. The van der Waals surface area contributed by atoms with E-state index in [-0.39, 0.29) is 11.9 Å². The first-order valence-corrected chi connectivity index (χ1v) is 10.5. The molecule has 3 aromatic rings. The van der Waals surface area contributed by atoms with E-state index in [0.717, 1.165) is 27.7 Å². The fourth-order valence-electron chi connectivity index (χ4n) is 2.85. The number of carbonyl (C=O) groups excluding carboxylic acids is 2. The highest BCUT2D eigenvalue weighted by Gasteiger charge is 2.20. The van der Waals surface area contributed by atoms with Crippen molar-refractivity contribution in [2.45, 2.75) is 5.75 Å². The van der Waals surface area contributed by atoms with Crippen LogP contribution in [0, 0.1) is 0 Å². The summed E-state index contributed by atoms with van der Waals surface area (Å²) in [4.78, 5) is 30.1. The molecule has 27 heavy (non-hydrogen) atoms. The van der Waals surface area contributed by atoms with Crippen molar-refractivity contribution in [1.82, 2.24) is 10.3 Å². The van der Waals surface area contributed by atoms with Crippen LogP contribution in [-0.2, 0) is 10.5 Å². The van der Waals surface area contributed by atoms with Gasteiger partial charge < -0.3 is 10.6 Å². The van der Waals surface area contributed by atoms with E-state index >= 15 is 0 Å². The maximum Gasteiger partial charge on any atom is 0.321 e. The lowest BCUT2D eigenvalue weighted by Crippen LogP contribution is -2.27. The Labute approximate surface area is 165 Å². The number of nitrogens with zero attached hydrogens (tertiary/aromatic N) is 2. The monoisotopic (exact) mass is 398 g/mol. The molecule has 1 aliphatic rings. The van der Waals surface area contributed by atoms with E-state index in [1.54, 1.807) is 28.0 Å². The predicted octanol–water partition coefficient (Wildman–Crippen LogP) is 3.70. The van der Waals surface area contributed by atoms with Crippen LogP contribution >= 0.6 is 23.1 Å². The van der Waals surface area contributed by atoms with Crippen LogP contribution in [0.25, 0.3) is 10.2 Å². The van der Waals surface area contributed by atoms with E-state index in [4.69, 9.17) is 0 Å². The number of urea groups is 1. The molecule has 0 unspecified atom stereocenters. The average molecular weight is 399 g/mol. The molecule has 6 nitrogen and oxygen atoms in total. The second-order valence-electron chi connectivity index (χ2n) is 6.05. The Morgan fingerprint density at radius 1 is 1.22 bits per heavy atom. The minimum Gasteiger partial charge on any atom is -0.336 e. The molecule has 0 atom stereocenters. The summed E-state index contributed by atoms with van der Waals surface area (Å²) < 4.78 is 1.17. The molecule has 1 saturated heterocycles. The molecule has 3 amide bonds. The molecule has 8 heteroatoms. The van der Waals surface area contributed by atoms with Crippen molar-refractivity contribution >= 4 is 56.6 Å². The first kappa shape index (κ1) is 17.8. The van der Waals surface area contributed by atoms with Gasteiger partial charge >= 0.3 is 6.03 Å². The van der Waals surface area contributed by atoms with Crippen molar-refractivity contribution in [3.05, 3.63) is 53.5 Å². The third kappa shape index (κ3) is 4.23. The summed E-state index contributed by atoms with van der Waals surface area (Å²) in [6, 6.07) is 15.3. The lowest BCUT2D eigenvalue weighted by molar-refractivity contribution is -0.113. The molecule has 0 saturated carbocycles. The zero-order valence-corrected chi connectivity index (χ0v) is 16.1. The second-order valence-corrected chi connectivity index (χ2v) is 8.15. The smallest absolute Gasteiger partial charge is 0.321 e. The van der Waals surface area contributed by atoms with Gasteiger partial charge in [0.15, 0.2) is 0 Å². The Balaban J connectivity index is 1.27. The molecule has 2 aromatic carbocycles. The lowest BCUT2D eigenvalue weighted by Gasteiger charge is -2.14. The molecule has 1 aromatic heterocycles. The number of benzene rings is 2. The number of thioether (sulfide) groups is 1. The number of nitrogens with one attached hydrogen (secondary N) is 2. The topological polar surface area (TPSA) is 74.3 Å². The van der Waals surface area contributed by atoms with E-state index in [2.05, 4.69) is 21.7 Å². The van der Waals surface area contributed by atoms with Crippen molar-refractivity contribution in [1.29, 1.82) is 0 Å². The van der Waals surface area contributed by atoms with Crippen LogP contribution < -0.4 is 15.5 Å². The van der Waals surface area contributed by atoms with Gasteiger partial charge in [-0.3, -0.25) is 9.69 Å². The number of hydrogen-bond donors (Lipinski definition) is 2. The zero-order chi connectivity index (χ0) is 18.6. The molecule has 2 N–H and O–H groups in total. The van der Waals surface area contributed by atoms with E-state index in [1.165, 1.54) is 4.70 Å². The zero-order valence-electron chi connectivity index (χ0n) is 14.5. The molecule has 0 aliphatic carbocycles. The molecule has 4 rings (SSSR count). The fourth-order valence-corrected chi connectivity index (χ4v) is 4.70. The van der Waals surface area contributed by atoms with Gasteiger partial charge in [-0.25, -0.2) is 9.78 Å². The van der Waals surface area contributed by atoms with Gasteiger partial charge in [0.1, 0.15) is 5.01 Å². The van der Waals surface area contributed by atoms with Crippen LogP contribution in [0.1, 0.15) is 5.01 Å². The van der Waals surface area contributed by atoms with Crippen LogP contribution in [0.15, 0.2) is 48.5 Å². The number of aromatic nitrogens is 1. The molecular formula is C19H18N4O2S2. The van der Waals surface area contributed by atoms with Gasteiger partial charge in [-0.1, -0.05) is 12.1 Å².